The number of aryl methyl sites for hydroxylation is 1. The summed E-state index contributed by atoms with van der Waals surface area (Å²) in [5.41, 5.74) is 2.75. The molecule has 2 aromatic heterocycles. The van der Waals surface area contributed by atoms with E-state index >= 15 is 0 Å². The van der Waals surface area contributed by atoms with Crippen molar-refractivity contribution < 1.29 is 9.90 Å². The van der Waals surface area contributed by atoms with Crippen LogP contribution in [0.3, 0.4) is 0 Å². The van der Waals surface area contributed by atoms with Crippen LogP contribution in [0, 0.1) is 0 Å². The number of para-hydroxylation sites is 3. The Hall–Kier alpha value is -3.55. The van der Waals surface area contributed by atoms with Crippen LogP contribution in [0.1, 0.15) is 43.6 Å². The Kier molecular flexibility index (Phi) is 5.33. The number of carbonyl (C=O) groups is 1. The molecule has 8 heteroatoms. The number of nitrogens with zero attached hydrogens (tertiary/aromatic N) is 6. The lowest BCUT2D eigenvalue weighted by Crippen LogP contribution is -2.24. The van der Waals surface area contributed by atoms with Gasteiger partial charge in [0.1, 0.15) is 5.82 Å². The SMILES string of the molecule is CCCCCc1nc2ccccc2n1C(C(=O)O)c1ccccc1-n1ncnn1. The molecule has 1 N–H and O–H groups in total. The maximum absolute atomic E-state index is 12.5. The quantitative estimate of drug-likeness (QED) is 0.463. The Balaban J connectivity index is 1.91. The van der Waals surface area contributed by atoms with Gasteiger partial charge in [-0.1, -0.05) is 50.1 Å². The lowest BCUT2D eigenvalue weighted by molar-refractivity contribution is -0.139. The molecule has 148 valence electrons. The molecule has 0 fully saturated rings. The Morgan fingerprint density at radius 2 is 1.90 bits per heavy atom. The van der Waals surface area contributed by atoms with E-state index in [9.17, 15) is 9.90 Å². The highest BCUT2D eigenvalue weighted by Crippen LogP contribution is 2.30. The molecule has 0 aliphatic carbocycles. The number of carboxylic acid groups (broad SMARTS) is 1. The first-order chi connectivity index (χ1) is 14.2. The number of unbranched alkanes of at least 4 members (excludes halogenated alkanes) is 2. The van der Waals surface area contributed by atoms with Gasteiger partial charge in [-0.3, -0.25) is 0 Å². The molecule has 29 heavy (non-hydrogen) atoms. The van der Waals surface area contributed by atoms with E-state index in [1.807, 2.05) is 41.0 Å². The van der Waals surface area contributed by atoms with Crippen molar-refractivity contribution in [2.24, 2.45) is 0 Å². The fraction of sp³-hybridized carbons (Fsp3) is 0.286. The van der Waals surface area contributed by atoms with E-state index in [1.165, 1.54) is 11.1 Å². The third kappa shape index (κ3) is 3.61. The number of rotatable bonds is 8. The van der Waals surface area contributed by atoms with Gasteiger partial charge in [0, 0.05) is 12.0 Å². The molecule has 0 saturated heterocycles. The summed E-state index contributed by atoms with van der Waals surface area (Å²) in [4.78, 5) is 18.6. The third-order valence-corrected chi connectivity index (χ3v) is 4.96. The van der Waals surface area contributed by atoms with Crippen molar-refractivity contribution in [3.05, 3.63) is 66.2 Å². The van der Waals surface area contributed by atoms with Crippen LogP contribution >= 0.6 is 0 Å². The maximum Gasteiger partial charge on any atom is 0.331 e. The molecular formula is C21H22N6O2. The first-order valence-electron chi connectivity index (χ1n) is 9.71. The molecular weight excluding hydrogens is 368 g/mol. The molecule has 2 aromatic carbocycles. The Morgan fingerprint density at radius 1 is 1.10 bits per heavy atom. The van der Waals surface area contributed by atoms with Gasteiger partial charge in [-0.25, -0.2) is 9.78 Å². The standard InChI is InChI=1S/C21H22N6O2/c1-2-3-4-13-19-24-16-10-6-8-12-18(16)26(19)20(21(28)29)15-9-5-7-11-17(15)27-23-14-22-25-27/h5-12,14,20H,2-4,13H2,1H3,(H,28,29). The van der Waals surface area contributed by atoms with E-state index in [0.29, 0.717) is 11.3 Å². The third-order valence-electron chi connectivity index (χ3n) is 4.96. The minimum Gasteiger partial charge on any atom is -0.479 e. The highest BCUT2D eigenvalue weighted by molar-refractivity contribution is 5.83. The molecule has 8 nitrogen and oxygen atoms in total. The van der Waals surface area contributed by atoms with Crippen LogP contribution in [0.5, 0.6) is 0 Å². The molecule has 0 saturated carbocycles. The van der Waals surface area contributed by atoms with Gasteiger partial charge in [0.25, 0.3) is 0 Å². The number of carboxylic acids is 1. The first-order valence-corrected chi connectivity index (χ1v) is 9.71. The molecule has 4 aromatic rings. The van der Waals surface area contributed by atoms with Crippen molar-refractivity contribution in [2.75, 3.05) is 0 Å². The highest BCUT2D eigenvalue weighted by atomic mass is 16.4. The lowest BCUT2D eigenvalue weighted by atomic mass is 10.0. The monoisotopic (exact) mass is 390 g/mol. The zero-order valence-electron chi connectivity index (χ0n) is 16.1. The predicted octanol–water partition coefficient (Wildman–Crippen LogP) is 3.42. The van der Waals surface area contributed by atoms with E-state index in [1.54, 1.807) is 12.1 Å². The van der Waals surface area contributed by atoms with Gasteiger partial charge in [-0.15, -0.1) is 15.0 Å². The number of aromatic nitrogens is 6. The van der Waals surface area contributed by atoms with Crippen molar-refractivity contribution in [3.8, 4) is 5.69 Å². The van der Waals surface area contributed by atoms with Crippen molar-refractivity contribution in [1.82, 2.24) is 29.8 Å². The van der Waals surface area contributed by atoms with Gasteiger partial charge < -0.3 is 9.67 Å². The fourth-order valence-electron chi connectivity index (χ4n) is 3.65. The summed E-state index contributed by atoms with van der Waals surface area (Å²) < 4.78 is 1.84. The van der Waals surface area contributed by atoms with Crippen LogP contribution in [0.25, 0.3) is 16.7 Å². The van der Waals surface area contributed by atoms with Gasteiger partial charge in [-0.2, -0.15) is 0 Å². The molecule has 0 spiro atoms. The number of imidazole rings is 1. The highest BCUT2D eigenvalue weighted by Gasteiger charge is 2.29. The van der Waals surface area contributed by atoms with Gasteiger partial charge in [-0.05, 0) is 29.8 Å². The lowest BCUT2D eigenvalue weighted by Gasteiger charge is -2.20. The van der Waals surface area contributed by atoms with Crippen LogP contribution < -0.4 is 0 Å². The minimum absolute atomic E-state index is 0.578. The number of tetrazole rings is 1. The van der Waals surface area contributed by atoms with Crippen LogP contribution in [-0.2, 0) is 11.2 Å². The van der Waals surface area contributed by atoms with E-state index in [2.05, 4.69) is 22.3 Å². The Morgan fingerprint density at radius 3 is 2.66 bits per heavy atom. The number of hydrogen-bond donors (Lipinski definition) is 1. The molecule has 4 rings (SSSR count). The number of fused-ring (bicyclic) bond motifs is 1. The molecule has 0 amide bonds. The molecule has 0 aliphatic rings. The molecule has 1 atom stereocenters. The van der Waals surface area contributed by atoms with Gasteiger partial charge >= 0.3 is 5.97 Å². The van der Waals surface area contributed by atoms with Gasteiger partial charge in [0.05, 0.1) is 16.7 Å². The van der Waals surface area contributed by atoms with E-state index in [4.69, 9.17) is 4.98 Å². The van der Waals surface area contributed by atoms with Crippen molar-refractivity contribution in [2.45, 2.75) is 38.6 Å². The van der Waals surface area contributed by atoms with E-state index in [-0.39, 0.29) is 0 Å². The number of hydrogen-bond acceptors (Lipinski definition) is 5. The second-order valence-electron chi connectivity index (χ2n) is 6.87. The van der Waals surface area contributed by atoms with E-state index in [0.717, 1.165) is 42.5 Å². The topological polar surface area (TPSA) is 98.7 Å². The second kappa shape index (κ2) is 8.22. The summed E-state index contributed by atoms with van der Waals surface area (Å²) in [6, 6.07) is 13.9. The summed E-state index contributed by atoms with van der Waals surface area (Å²) in [6.45, 7) is 2.14. The molecule has 0 bridgehead atoms. The van der Waals surface area contributed by atoms with Crippen LogP contribution in [0.2, 0.25) is 0 Å². The largest absolute Gasteiger partial charge is 0.479 e. The Labute approximate surface area is 167 Å². The maximum atomic E-state index is 12.5. The first kappa shape index (κ1) is 18.8. The van der Waals surface area contributed by atoms with Crippen LogP contribution in [0.4, 0.5) is 0 Å². The van der Waals surface area contributed by atoms with Crippen molar-refractivity contribution >= 4 is 17.0 Å². The summed E-state index contributed by atoms with van der Waals surface area (Å²) >= 11 is 0. The molecule has 2 heterocycles. The fourth-order valence-corrected chi connectivity index (χ4v) is 3.65. The normalized spacial score (nSPS) is 12.3. The van der Waals surface area contributed by atoms with Crippen LogP contribution in [-0.4, -0.2) is 40.8 Å². The van der Waals surface area contributed by atoms with Crippen LogP contribution in [0.15, 0.2) is 54.9 Å². The predicted molar refractivity (Wildman–Crippen MR) is 108 cm³/mol. The zero-order chi connectivity index (χ0) is 20.2. The van der Waals surface area contributed by atoms with Gasteiger partial charge in [0.15, 0.2) is 12.4 Å². The Bertz CT molecular complexity index is 1120. The van der Waals surface area contributed by atoms with Gasteiger partial charge in [0.2, 0.25) is 0 Å². The summed E-state index contributed by atoms with van der Waals surface area (Å²) in [5.74, 6) is -0.189. The van der Waals surface area contributed by atoms with Crippen molar-refractivity contribution in [1.29, 1.82) is 0 Å². The average Bonchev–Trinajstić information content (AvgIpc) is 3.38. The smallest absolute Gasteiger partial charge is 0.331 e. The second-order valence-corrected chi connectivity index (χ2v) is 6.87. The summed E-state index contributed by atoms with van der Waals surface area (Å²) in [5, 5.41) is 22.1. The minimum atomic E-state index is -0.961. The van der Waals surface area contributed by atoms with E-state index < -0.39 is 12.0 Å². The average molecular weight is 390 g/mol. The zero-order valence-corrected chi connectivity index (χ0v) is 16.1. The summed E-state index contributed by atoms with van der Waals surface area (Å²) in [7, 11) is 0. The molecule has 1 unspecified atom stereocenters. The molecule has 0 radical (unpaired) electrons. The van der Waals surface area contributed by atoms with Crippen molar-refractivity contribution in [3.63, 3.8) is 0 Å². The number of aliphatic carboxylic acids is 1. The molecule has 0 aliphatic heterocycles. The number of benzene rings is 2. The summed E-state index contributed by atoms with van der Waals surface area (Å²) in [6.07, 6.45) is 5.16.